The monoisotopic (exact) mass is 515 g/mol. The quantitative estimate of drug-likeness (QED) is 0.522. The third kappa shape index (κ3) is 3.93. The van der Waals surface area contributed by atoms with Gasteiger partial charge in [-0.3, -0.25) is 9.78 Å². The molecule has 0 bridgehead atoms. The van der Waals surface area contributed by atoms with E-state index >= 15 is 0 Å². The minimum absolute atomic E-state index is 0.198. The molecular formula is C29H41NO7. The molecule has 204 valence electrons. The van der Waals surface area contributed by atoms with Crippen molar-refractivity contribution in [3.05, 3.63) is 30.1 Å². The van der Waals surface area contributed by atoms with E-state index in [1.165, 1.54) is 13.1 Å². The van der Waals surface area contributed by atoms with Gasteiger partial charge in [0.15, 0.2) is 0 Å². The fraction of sp³-hybridized carbons (Fsp3) is 0.759. The Kier molecular flexibility index (Phi) is 6.69. The van der Waals surface area contributed by atoms with E-state index in [9.17, 15) is 24.9 Å². The number of aromatic nitrogens is 1. The summed E-state index contributed by atoms with van der Waals surface area (Å²) in [7, 11) is 0. The van der Waals surface area contributed by atoms with Crippen LogP contribution in [0.25, 0.3) is 0 Å². The summed E-state index contributed by atoms with van der Waals surface area (Å²) < 4.78 is 12.4. The summed E-state index contributed by atoms with van der Waals surface area (Å²) >= 11 is 0. The van der Waals surface area contributed by atoms with Crippen LogP contribution in [0.5, 0.6) is 0 Å². The van der Waals surface area contributed by atoms with Crippen molar-refractivity contribution in [2.75, 3.05) is 0 Å². The zero-order chi connectivity index (χ0) is 26.8. The molecule has 1 aromatic rings. The maximum absolute atomic E-state index is 13.5. The van der Waals surface area contributed by atoms with Crippen LogP contribution in [0.4, 0.5) is 0 Å². The molecule has 37 heavy (non-hydrogen) atoms. The third-order valence-electron chi connectivity index (χ3n) is 10.9. The number of hydrogen-bond acceptors (Lipinski definition) is 8. The number of esters is 2. The lowest BCUT2D eigenvalue weighted by Crippen LogP contribution is -2.73. The molecule has 4 aliphatic carbocycles. The summed E-state index contributed by atoms with van der Waals surface area (Å²) in [5, 5.41) is 33.9. The second kappa shape index (κ2) is 9.31. The first-order valence-corrected chi connectivity index (χ1v) is 13.8. The van der Waals surface area contributed by atoms with Crippen molar-refractivity contribution in [1.82, 2.24) is 4.98 Å². The number of ether oxygens (including phenoxy) is 2. The lowest BCUT2D eigenvalue weighted by Gasteiger charge is -2.66. The van der Waals surface area contributed by atoms with Gasteiger partial charge in [-0.05, 0) is 87.2 Å². The lowest BCUT2D eigenvalue weighted by atomic mass is 9.41. The zero-order valence-corrected chi connectivity index (χ0v) is 22.3. The van der Waals surface area contributed by atoms with Crippen LogP contribution in [-0.4, -0.2) is 62.3 Å². The molecule has 8 nitrogen and oxygen atoms in total. The highest BCUT2D eigenvalue weighted by Crippen LogP contribution is 2.70. The van der Waals surface area contributed by atoms with Gasteiger partial charge in [0, 0.05) is 30.7 Å². The number of aliphatic hydroxyl groups is 3. The maximum Gasteiger partial charge on any atom is 0.340 e. The van der Waals surface area contributed by atoms with Gasteiger partial charge in [0.25, 0.3) is 0 Å². The Bertz CT molecular complexity index is 1030. The van der Waals surface area contributed by atoms with Gasteiger partial charge in [0.2, 0.25) is 0 Å². The topological polar surface area (TPSA) is 126 Å². The first kappa shape index (κ1) is 26.6. The Morgan fingerprint density at radius 3 is 2.54 bits per heavy atom. The molecule has 0 unspecified atom stereocenters. The Morgan fingerprint density at radius 2 is 1.89 bits per heavy atom. The normalized spacial score (nSPS) is 45.6. The van der Waals surface area contributed by atoms with Gasteiger partial charge in [0.05, 0.1) is 23.4 Å². The molecule has 1 aromatic heterocycles. The Morgan fingerprint density at radius 1 is 1.14 bits per heavy atom. The van der Waals surface area contributed by atoms with E-state index in [0.717, 1.165) is 19.3 Å². The number of rotatable bonds is 4. The van der Waals surface area contributed by atoms with Crippen LogP contribution >= 0.6 is 0 Å². The average molecular weight is 516 g/mol. The van der Waals surface area contributed by atoms with Crippen LogP contribution in [-0.2, 0) is 14.3 Å². The summed E-state index contributed by atoms with van der Waals surface area (Å²) in [6, 6.07) is 3.32. The highest BCUT2D eigenvalue weighted by Gasteiger charge is 2.75. The predicted molar refractivity (Wildman–Crippen MR) is 134 cm³/mol. The van der Waals surface area contributed by atoms with Crippen LogP contribution in [0.3, 0.4) is 0 Å². The fourth-order valence-corrected chi connectivity index (χ4v) is 9.20. The predicted octanol–water partition coefficient (Wildman–Crippen LogP) is 3.27. The van der Waals surface area contributed by atoms with Gasteiger partial charge >= 0.3 is 11.9 Å². The SMILES string of the molecule is CC(=O)O[C@@H]1[C@@H](OC(=O)c2cccnc2)[C@H]2[C@@H](CC[C@@H]3C[C@@H](O)CC[C@@]32C)[C@@]2(O)CC[C@H]([C@H](C)O)[C@@]12C. The number of aliphatic hydroxyl groups excluding tert-OH is 2. The van der Waals surface area contributed by atoms with Gasteiger partial charge in [-0.15, -0.1) is 0 Å². The molecule has 0 aliphatic heterocycles. The molecule has 5 rings (SSSR count). The van der Waals surface area contributed by atoms with Gasteiger partial charge in [-0.1, -0.05) is 13.8 Å². The number of carbonyl (C=O) groups excluding carboxylic acids is 2. The van der Waals surface area contributed by atoms with Gasteiger partial charge in [-0.2, -0.15) is 0 Å². The van der Waals surface area contributed by atoms with Crippen molar-refractivity contribution < 1.29 is 34.4 Å². The van der Waals surface area contributed by atoms with E-state index in [0.29, 0.717) is 31.2 Å². The Balaban J connectivity index is 1.66. The van der Waals surface area contributed by atoms with Crippen LogP contribution < -0.4 is 0 Å². The van der Waals surface area contributed by atoms with Crippen molar-refractivity contribution in [3.63, 3.8) is 0 Å². The van der Waals surface area contributed by atoms with Gasteiger partial charge in [-0.25, -0.2) is 4.79 Å². The minimum Gasteiger partial charge on any atom is -0.458 e. The molecule has 0 amide bonds. The Hall–Kier alpha value is -2.03. The van der Waals surface area contributed by atoms with Crippen molar-refractivity contribution in [3.8, 4) is 0 Å². The van der Waals surface area contributed by atoms with E-state index < -0.39 is 41.3 Å². The molecule has 0 spiro atoms. The highest BCUT2D eigenvalue weighted by atomic mass is 16.6. The first-order chi connectivity index (χ1) is 17.4. The van der Waals surface area contributed by atoms with Crippen LogP contribution in [0, 0.1) is 34.5 Å². The molecule has 0 saturated heterocycles. The van der Waals surface area contributed by atoms with Crippen molar-refractivity contribution in [2.45, 2.75) is 103 Å². The van der Waals surface area contributed by atoms with Crippen LogP contribution in [0.1, 0.15) is 83.0 Å². The summed E-state index contributed by atoms with van der Waals surface area (Å²) in [4.78, 5) is 30.1. The largest absolute Gasteiger partial charge is 0.458 e. The number of carbonyl (C=O) groups is 2. The van der Waals surface area contributed by atoms with E-state index in [1.54, 1.807) is 25.3 Å². The van der Waals surface area contributed by atoms with E-state index in [-0.39, 0.29) is 35.2 Å². The van der Waals surface area contributed by atoms with E-state index in [4.69, 9.17) is 9.47 Å². The van der Waals surface area contributed by atoms with Crippen LogP contribution in [0.15, 0.2) is 24.5 Å². The molecule has 4 fully saturated rings. The summed E-state index contributed by atoms with van der Waals surface area (Å²) in [5.41, 5.74) is -2.21. The molecule has 4 saturated carbocycles. The highest BCUT2D eigenvalue weighted by molar-refractivity contribution is 5.89. The third-order valence-corrected chi connectivity index (χ3v) is 10.9. The minimum atomic E-state index is -1.19. The van der Waals surface area contributed by atoms with Crippen molar-refractivity contribution >= 4 is 11.9 Å². The molecular weight excluding hydrogens is 474 g/mol. The molecule has 4 aliphatic rings. The zero-order valence-electron chi connectivity index (χ0n) is 22.3. The van der Waals surface area contributed by atoms with Gasteiger partial charge in [0.1, 0.15) is 12.2 Å². The molecule has 1 heterocycles. The maximum atomic E-state index is 13.5. The number of nitrogens with zero attached hydrogens (tertiary/aromatic N) is 1. The van der Waals surface area contributed by atoms with Crippen LogP contribution in [0.2, 0.25) is 0 Å². The summed E-state index contributed by atoms with van der Waals surface area (Å²) in [6.07, 6.45) is 4.93. The first-order valence-electron chi connectivity index (χ1n) is 13.8. The lowest BCUT2D eigenvalue weighted by molar-refractivity contribution is -0.292. The molecule has 0 radical (unpaired) electrons. The van der Waals surface area contributed by atoms with Gasteiger partial charge < -0.3 is 24.8 Å². The number of fused-ring (bicyclic) bond motifs is 5. The fourth-order valence-electron chi connectivity index (χ4n) is 9.20. The van der Waals surface area contributed by atoms with Crippen molar-refractivity contribution in [1.29, 1.82) is 0 Å². The van der Waals surface area contributed by atoms with Crippen molar-refractivity contribution in [2.24, 2.45) is 34.5 Å². The van der Waals surface area contributed by atoms with E-state index in [2.05, 4.69) is 11.9 Å². The molecule has 8 heteroatoms. The smallest absolute Gasteiger partial charge is 0.340 e. The summed E-state index contributed by atoms with van der Waals surface area (Å²) in [5.74, 6) is -1.65. The standard InChI is InChI=1S/C29H41NO7/c1-16(31)21-10-12-29(35)22-8-7-19-14-20(33)9-11-27(19,3)23(22)24(25(28(21,29)4)36-17(2)32)37-26(34)18-6-5-13-30-15-18/h5-6,13,15-16,19-25,31,33,35H,7-12,14H2,1-4H3/t16-,19+,20-,21+,22+,23+,24-,25+,27-,28-,29-/m0/s1. The Labute approximate surface area is 218 Å². The average Bonchev–Trinajstić information content (AvgIpc) is 3.14. The molecule has 0 aromatic carbocycles. The number of pyridine rings is 1. The second-order valence-electron chi connectivity index (χ2n) is 12.6. The second-order valence-corrected chi connectivity index (χ2v) is 12.6. The molecule has 3 N–H and O–H groups in total. The molecule has 11 atom stereocenters. The van der Waals surface area contributed by atoms with E-state index in [1.807, 2.05) is 6.92 Å². The number of hydrogen-bond donors (Lipinski definition) is 3. The summed E-state index contributed by atoms with van der Waals surface area (Å²) in [6.45, 7) is 7.16.